The molecule has 2 rings (SSSR count). The van der Waals surface area contributed by atoms with E-state index in [9.17, 15) is 0 Å². The van der Waals surface area contributed by atoms with E-state index in [1.165, 1.54) is 11.1 Å². The van der Waals surface area contributed by atoms with Crippen LogP contribution in [0.15, 0.2) is 54.6 Å². The van der Waals surface area contributed by atoms with Gasteiger partial charge in [-0.25, -0.2) is 0 Å². The zero-order valence-corrected chi connectivity index (χ0v) is 13.2. The van der Waals surface area contributed by atoms with Crippen LogP contribution in [0, 0.1) is 6.92 Å². The maximum Gasteiger partial charge on any atom is 0 e. The molecule has 0 nitrogen and oxygen atoms in total. The van der Waals surface area contributed by atoms with Gasteiger partial charge in [0.25, 0.3) is 0 Å². The van der Waals surface area contributed by atoms with Gasteiger partial charge in [-0.15, -0.1) is 34.7 Å². The van der Waals surface area contributed by atoms with Crippen LogP contribution < -0.4 is 0 Å². The van der Waals surface area contributed by atoms with Gasteiger partial charge in [-0.3, -0.25) is 0 Å². The quantitative estimate of drug-likeness (QED) is 0.549. The molecule has 74 valence electrons. The van der Waals surface area contributed by atoms with E-state index in [4.69, 9.17) is 0 Å². The molecule has 0 aromatic heterocycles. The molecule has 0 atom stereocenters. The Morgan fingerprint density at radius 2 is 1.27 bits per heavy atom. The summed E-state index contributed by atoms with van der Waals surface area (Å²) in [5.41, 5.74) is 3.52. The Morgan fingerprint density at radius 3 is 1.87 bits per heavy atom. The SMILES string of the molecule is Br.[CH2-]c1ccccc1-c1ccccc1.[Zn]. The molecular formula is C13H12BrZn-. The first-order valence-corrected chi connectivity index (χ1v) is 4.34. The van der Waals surface area contributed by atoms with E-state index < -0.39 is 0 Å². The van der Waals surface area contributed by atoms with Crippen LogP contribution in [0.5, 0.6) is 0 Å². The zero-order valence-electron chi connectivity index (χ0n) is 8.52. The van der Waals surface area contributed by atoms with Crippen LogP contribution in [0.2, 0.25) is 0 Å². The molecular weight excluding hydrogens is 301 g/mol. The third-order valence-corrected chi connectivity index (χ3v) is 2.10. The van der Waals surface area contributed by atoms with Gasteiger partial charge in [-0.05, 0) is 0 Å². The average Bonchev–Trinajstić information content (AvgIpc) is 2.20. The van der Waals surface area contributed by atoms with E-state index in [0.717, 1.165) is 5.56 Å². The molecule has 0 aliphatic carbocycles. The molecule has 0 saturated carbocycles. The third-order valence-electron chi connectivity index (χ3n) is 2.10. The van der Waals surface area contributed by atoms with Crippen molar-refractivity contribution in [1.82, 2.24) is 0 Å². The Kier molecular flexibility index (Phi) is 6.55. The minimum absolute atomic E-state index is 0. The second-order valence-electron chi connectivity index (χ2n) is 3.02. The minimum Gasteiger partial charge on any atom is -0.198 e. The summed E-state index contributed by atoms with van der Waals surface area (Å²) in [6.45, 7) is 4.00. The van der Waals surface area contributed by atoms with E-state index in [0.29, 0.717) is 0 Å². The molecule has 15 heavy (non-hydrogen) atoms. The molecule has 0 saturated heterocycles. The summed E-state index contributed by atoms with van der Waals surface area (Å²) in [4.78, 5) is 0. The Morgan fingerprint density at radius 1 is 0.733 bits per heavy atom. The Bertz CT molecular complexity index is 398. The second-order valence-corrected chi connectivity index (χ2v) is 3.02. The van der Waals surface area contributed by atoms with Crippen molar-refractivity contribution in [3.63, 3.8) is 0 Å². The normalized spacial score (nSPS) is 8.53. The van der Waals surface area contributed by atoms with Crippen LogP contribution in [0.25, 0.3) is 11.1 Å². The predicted molar refractivity (Wildman–Crippen MR) is 66.7 cm³/mol. The average molecular weight is 314 g/mol. The fraction of sp³-hybridized carbons (Fsp3) is 0. The Labute approximate surface area is 114 Å². The van der Waals surface area contributed by atoms with Gasteiger partial charge in [-0.1, -0.05) is 42.0 Å². The number of benzene rings is 2. The summed E-state index contributed by atoms with van der Waals surface area (Å²) >= 11 is 0. The maximum absolute atomic E-state index is 4.00. The van der Waals surface area contributed by atoms with Gasteiger partial charge in [0.15, 0.2) is 0 Å². The van der Waals surface area contributed by atoms with Crippen molar-refractivity contribution in [3.05, 3.63) is 67.1 Å². The van der Waals surface area contributed by atoms with Crippen molar-refractivity contribution < 1.29 is 19.5 Å². The summed E-state index contributed by atoms with van der Waals surface area (Å²) in [6.07, 6.45) is 0. The first kappa shape index (κ1) is 14.4. The number of hydrogen-bond acceptors (Lipinski definition) is 0. The standard InChI is InChI=1S/C13H11.BrH.Zn/c1-11-7-5-6-10-13(11)12-8-3-2-4-9-12;;/h2-10H,1H2;1H;/q-1;;. The molecule has 0 aliphatic rings. The third kappa shape index (κ3) is 3.48. The molecule has 2 heteroatoms. The van der Waals surface area contributed by atoms with Gasteiger partial charge >= 0.3 is 0 Å². The van der Waals surface area contributed by atoms with Crippen molar-refractivity contribution in [2.75, 3.05) is 0 Å². The topological polar surface area (TPSA) is 0 Å². The summed E-state index contributed by atoms with van der Waals surface area (Å²) in [6, 6.07) is 18.5. The van der Waals surface area contributed by atoms with Gasteiger partial charge in [0.2, 0.25) is 0 Å². The van der Waals surface area contributed by atoms with Crippen molar-refractivity contribution in [2.45, 2.75) is 0 Å². The summed E-state index contributed by atoms with van der Waals surface area (Å²) in [5.74, 6) is 0. The smallest absolute Gasteiger partial charge is 0 e. The number of rotatable bonds is 1. The first-order valence-electron chi connectivity index (χ1n) is 4.34. The molecule has 0 N–H and O–H groups in total. The van der Waals surface area contributed by atoms with E-state index in [-0.39, 0.29) is 36.5 Å². The molecule has 2 aromatic rings. The van der Waals surface area contributed by atoms with E-state index in [1.54, 1.807) is 0 Å². The molecule has 0 spiro atoms. The molecule has 0 bridgehead atoms. The van der Waals surface area contributed by atoms with Crippen LogP contribution in [0.3, 0.4) is 0 Å². The Hall–Kier alpha value is -0.587. The molecule has 0 aliphatic heterocycles. The Balaban J connectivity index is 0.000000980. The van der Waals surface area contributed by atoms with Crippen molar-refractivity contribution >= 4 is 17.0 Å². The summed E-state index contributed by atoms with van der Waals surface area (Å²) < 4.78 is 0. The molecule has 2 aromatic carbocycles. The fourth-order valence-corrected chi connectivity index (χ4v) is 1.42. The number of halogens is 1. The summed E-state index contributed by atoms with van der Waals surface area (Å²) in [5, 5.41) is 0. The first-order chi connectivity index (χ1) is 6.38. The van der Waals surface area contributed by atoms with Crippen molar-refractivity contribution in [2.24, 2.45) is 0 Å². The fourth-order valence-electron chi connectivity index (χ4n) is 1.42. The largest absolute Gasteiger partial charge is 0.198 e. The monoisotopic (exact) mass is 311 g/mol. The van der Waals surface area contributed by atoms with Gasteiger partial charge < -0.3 is 0 Å². The van der Waals surface area contributed by atoms with Crippen LogP contribution >= 0.6 is 17.0 Å². The van der Waals surface area contributed by atoms with Gasteiger partial charge in [-0.2, -0.15) is 18.6 Å². The van der Waals surface area contributed by atoms with E-state index in [2.05, 4.69) is 25.1 Å². The maximum atomic E-state index is 4.00. The molecule has 0 radical (unpaired) electrons. The number of hydrogen-bond donors (Lipinski definition) is 0. The van der Waals surface area contributed by atoms with Gasteiger partial charge in [0.1, 0.15) is 0 Å². The molecule has 0 unspecified atom stereocenters. The zero-order chi connectivity index (χ0) is 9.10. The van der Waals surface area contributed by atoms with Crippen molar-refractivity contribution in [3.8, 4) is 11.1 Å². The van der Waals surface area contributed by atoms with Gasteiger partial charge in [0.05, 0.1) is 0 Å². The van der Waals surface area contributed by atoms with Crippen LogP contribution in [0.4, 0.5) is 0 Å². The predicted octanol–water partition coefficient (Wildman–Crippen LogP) is 4.11. The minimum atomic E-state index is 0. The summed E-state index contributed by atoms with van der Waals surface area (Å²) in [7, 11) is 0. The molecule has 0 heterocycles. The van der Waals surface area contributed by atoms with Crippen molar-refractivity contribution in [1.29, 1.82) is 0 Å². The second kappa shape index (κ2) is 6.82. The van der Waals surface area contributed by atoms with Crippen LogP contribution in [0.1, 0.15) is 5.56 Å². The van der Waals surface area contributed by atoms with E-state index >= 15 is 0 Å². The molecule has 0 amide bonds. The van der Waals surface area contributed by atoms with E-state index in [1.807, 2.05) is 36.4 Å². The molecule has 0 fully saturated rings. The van der Waals surface area contributed by atoms with Gasteiger partial charge in [0, 0.05) is 19.5 Å². The van der Waals surface area contributed by atoms with Crippen LogP contribution in [-0.4, -0.2) is 0 Å². The van der Waals surface area contributed by atoms with Crippen LogP contribution in [-0.2, 0) is 19.5 Å².